The summed E-state index contributed by atoms with van der Waals surface area (Å²) in [5.74, 6) is 0.784. The van der Waals surface area contributed by atoms with Crippen LogP contribution in [0.2, 0.25) is 0 Å². The number of hydrogen-bond acceptors (Lipinski definition) is 3. The standard InChI is InChI=1S/C12H20N4O/c1-3-10-11(8-16(2)15-10)13-7-12(17)14-6-9-4-5-9/h8-9,13H,3-7H2,1-2H3,(H,14,17). The van der Waals surface area contributed by atoms with E-state index in [4.69, 9.17) is 0 Å². The van der Waals surface area contributed by atoms with Gasteiger partial charge in [0.25, 0.3) is 0 Å². The summed E-state index contributed by atoms with van der Waals surface area (Å²) in [6.07, 6.45) is 5.30. The maximum atomic E-state index is 11.6. The summed E-state index contributed by atoms with van der Waals surface area (Å²) < 4.78 is 1.77. The van der Waals surface area contributed by atoms with E-state index in [0.29, 0.717) is 6.54 Å². The van der Waals surface area contributed by atoms with Crippen molar-refractivity contribution in [3.05, 3.63) is 11.9 Å². The summed E-state index contributed by atoms with van der Waals surface area (Å²) in [7, 11) is 1.89. The molecule has 0 spiro atoms. The van der Waals surface area contributed by atoms with E-state index >= 15 is 0 Å². The summed E-state index contributed by atoms with van der Waals surface area (Å²) >= 11 is 0. The molecule has 17 heavy (non-hydrogen) atoms. The van der Waals surface area contributed by atoms with Gasteiger partial charge in [-0.1, -0.05) is 6.92 Å². The van der Waals surface area contributed by atoms with E-state index in [9.17, 15) is 4.79 Å². The first-order valence-corrected chi connectivity index (χ1v) is 6.22. The lowest BCUT2D eigenvalue weighted by Gasteiger charge is -2.06. The minimum Gasteiger partial charge on any atom is -0.373 e. The van der Waals surface area contributed by atoms with E-state index in [2.05, 4.69) is 22.7 Å². The maximum absolute atomic E-state index is 11.6. The number of carbonyl (C=O) groups is 1. The predicted molar refractivity (Wildman–Crippen MR) is 66.8 cm³/mol. The third-order valence-electron chi connectivity index (χ3n) is 2.96. The highest BCUT2D eigenvalue weighted by Gasteiger charge is 2.21. The van der Waals surface area contributed by atoms with Crippen molar-refractivity contribution in [2.24, 2.45) is 13.0 Å². The van der Waals surface area contributed by atoms with Crippen molar-refractivity contribution in [2.45, 2.75) is 26.2 Å². The van der Waals surface area contributed by atoms with Gasteiger partial charge in [0.05, 0.1) is 17.9 Å². The van der Waals surface area contributed by atoms with E-state index < -0.39 is 0 Å². The molecule has 0 unspecified atom stereocenters. The molecular weight excluding hydrogens is 216 g/mol. The molecule has 1 aromatic heterocycles. The Balaban J connectivity index is 1.77. The number of carbonyl (C=O) groups excluding carboxylic acids is 1. The van der Waals surface area contributed by atoms with Gasteiger partial charge in [-0.3, -0.25) is 9.48 Å². The zero-order valence-corrected chi connectivity index (χ0v) is 10.5. The highest BCUT2D eigenvalue weighted by atomic mass is 16.1. The molecule has 0 aromatic carbocycles. The van der Waals surface area contributed by atoms with Crippen LogP contribution < -0.4 is 10.6 Å². The molecule has 94 valence electrons. The van der Waals surface area contributed by atoms with Crippen molar-refractivity contribution in [1.29, 1.82) is 0 Å². The molecule has 2 N–H and O–H groups in total. The highest BCUT2D eigenvalue weighted by molar-refractivity contribution is 5.80. The number of amides is 1. The van der Waals surface area contributed by atoms with Gasteiger partial charge in [-0.2, -0.15) is 5.10 Å². The van der Waals surface area contributed by atoms with Gasteiger partial charge >= 0.3 is 0 Å². The Morgan fingerprint density at radius 1 is 1.59 bits per heavy atom. The molecule has 5 heteroatoms. The molecule has 0 aliphatic heterocycles. The third kappa shape index (κ3) is 3.47. The molecule has 0 saturated heterocycles. The molecular formula is C12H20N4O. The lowest BCUT2D eigenvalue weighted by Crippen LogP contribution is -2.31. The van der Waals surface area contributed by atoms with Crippen LogP contribution in [0.25, 0.3) is 0 Å². The molecule has 5 nitrogen and oxygen atoms in total. The number of nitrogens with one attached hydrogen (secondary N) is 2. The van der Waals surface area contributed by atoms with Crippen LogP contribution in [0.15, 0.2) is 6.20 Å². The van der Waals surface area contributed by atoms with Crippen molar-refractivity contribution in [2.75, 3.05) is 18.4 Å². The van der Waals surface area contributed by atoms with Gasteiger partial charge in [0.15, 0.2) is 0 Å². The number of aromatic nitrogens is 2. The van der Waals surface area contributed by atoms with E-state index in [1.807, 2.05) is 13.2 Å². The van der Waals surface area contributed by atoms with Crippen LogP contribution in [0.1, 0.15) is 25.5 Å². The fourth-order valence-corrected chi connectivity index (χ4v) is 1.76. The molecule has 0 radical (unpaired) electrons. The van der Waals surface area contributed by atoms with Crippen LogP contribution in [0.4, 0.5) is 5.69 Å². The van der Waals surface area contributed by atoms with Crippen molar-refractivity contribution in [3.8, 4) is 0 Å². The maximum Gasteiger partial charge on any atom is 0.239 e. The lowest BCUT2D eigenvalue weighted by molar-refractivity contribution is -0.119. The van der Waals surface area contributed by atoms with Crippen molar-refractivity contribution in [1.82, 2.24) is 15.1 Å². The second kappa shape index (κ2) is 5.21. The van der Waals surface area contributed by atoms with Gasteiger partial charge in [0.1, 0.15) is 0 Å². The summed E-state index contributed by atoms with van der Waals surface area (Å²) in [5, 5.41) is 10.4. The quantitative estimate of drug-likeness (QED) is 0.772. The van der Waals surface area contributed by atoms with E-state index in [0.717, 1.165) is 30.3 Å². The minimum atomic E-state index is 0.0582. The summed E-state index contributed by atoms with van der Waals surface area (Å²) in [5.41, 5.74) is 1.96. The molecule has 2 rings (SSSR count). The molecule has 1 saturated carbocycles. The molecule has 1 aliphatic carbocycles. The fraction of sp³-hybridized carbons (Fsp3) is 0.667. The SMILES string of the molecule is CCc1nn(C)cc1NCC(=O)NCC1CC1. The van der Waals surface area contributed by atoms with Gasteiger partial charge < -0.3 is 10.6 Å². The normalized spacial score (nSPS) is 14.7. The fourth-order valence-electron chi connectivity index (χ4n) is 1.76. The van der Waals surface area contributed by atoms with Gasteiger partial charge in [-0.25, -0.2) is 0 Å². The molecule has 1 heterocycles. The van der Waals surface area contributed by atoms with Gasteiger partial charge in [-0.15, -0.1) is 0 Å². The first-order chi connectivity index (χ1) is 8.19. The molecule has 1 amide bonds. The Hall–Kier alpha value is -1.52. The first-order valence-electron chi connectivity index (χ1n) is 6.22. The number of rotatable bonds is 6. The topological polar surface area (TPSA) is 59.0 Å². The van der Waals surface area contributed by atoms with E-state index in [-0.39, 0.29) is 5.91 Å². The van der Waals surface area contributed by atoms with Crippen LogP contribution in [0.5, 0.6) is 0 Å². The van der Waals surface area contributed by atoms with Gasteiger partial charge in [0, 0.05) is 19.8 Å². The number of anilines is 1. The summed E-state index contributed by atoms with van der Waals surface area (Å²) in [6.45, 7) is 3.21. The van der Waals surface area contributed by atoms with Gasteiger partial charge in [-0.05, 0) is 25.2 Å². The number of nitrogens with zero attached hydrogens (tertiary/aromatic N) is 2. The lowest BCUT2D eigenvalue weighted by atomic mass is 10.3. The first kappa shape index (κ1) is 12.0. The smallest absolute Gasteiger partial charge is 0.239 e. The van der Waals surface area contributed by atoms with Crippen LogP contribution in [0, 0.1) is 5.92 Å². The van der Waals surface area contributed by atoms with Gasteiger partial charge in [0.2, 0.25) is 5.91 Å². The van der Waals surface area contributed by atoms with Crippen molar-refractivity contribution < 1.29 is 4.79 Å². The molecule has 0 atom stereocenters. The molecule has 1 fully saturated rings. The number of hydrogen-bond donors (Lipinski definition) is 2. The van der Waals surface area contributed by atoms with Crippen LogP contribution in [-0.4, -0.2) is 28.8 Å². The Labute approximate surface area is 102 Å². The summed E-state index contributed by atoms with van der Waals surface area (Å²) in [4.78, 5) is 11.6. The molecule has 1 aliphatic rings. The summed E-state index contributed by atoms with van der Waals surface area (Å²) in [6, 6.07) is 0. The predicted octanol–water partition coefficient (Wildman–Crippen LogP) is 0.921. The molecule has 1 aromatic rings. The highest BCUT2D eigenvalue weighted by Crippen LogP contribution is 2.27. The zero-order chi connectivity index (χ0) is 12.3. The minimum absolute atomic E-state index is 0.0582. The largest absolute Gasteiger partial charge is 0.373 e. The van der Waals surface area contributed by atoms with E-state index in [1.165, 1.54) is 12.8 Å². The van der Waals surface area contributed by atoms with Crippen LogP contribution >= 0.6 is 0 Å². The average Bonchev–Trinajstić information content (AvgIpc) is 3.07. The monoisotopic (exact) mass is 236 g/mol. The second-order valence-corrected chi connectivity index (χ2v) is 4.62. The van der Waals surface area contributed by atoms with Crippen molar-refractivity contribution in [3.63, 3.8) is 0 Å². The van der Waals surface area contributed by atoms with E-state index in [1.54, 1.807) is 4.68 Å². The third-order valence-corrected chi connectivity index (χ3v) is 2.96. The average molecular weight is 236 g/mol. The Kier molecular flexibility index (Phi) is 3.66. The zero-order valence-electron chi connectivity index (χ0n) is 10.5. The second-order valence-electron chi connectivity index (χ2n) is 4.62. The molecule has 0 bridgehead atoms. The van der Waals surface area contributed by atoms with Crippen LogP contribution in [-0.2, 0) is 18.3 Å². The Morgan fingerprint density at radius 2 is 2.35 bits per heavy atom. The Morgan fingerprint density at radius 3 is 3.00 bits per heavy atom. The number of aryl methyl sites for hydroxylation is 2. The Bertz CT molecular complexity index is 395. The van der Waals surface area contributed by atoms with Crippen molar-refractivity contribution >= 4 is 11.6 Å². The van der Waals surface area contributed by atoms with Crippen LogP contribution in [0.3, 0.4) is 0 Å².